The molecule has 0 aromatic heterocycles. The molecule has 2 aliphatic rings. The molecule has 0 radical (unpaired) electrons. The number of rotatable bonds is 5. The number of carbonyl (C=O) groups is 2. The molecule has 2 amide bonds. The zero-order chi connectivity index (χ0) is 18.6. The third-order valence-electron chi connectivity index (χ3n) is 5.23. The van der Waals surface area contributed by atoms with Gasteiger partial charge in [-0.25, -0.2) is 12.7 Å². The summed E-state index contributed by atoms with van der Waals surface area (Å²) in [4.78, 5) is 26.3. The normalized spacial score (nSPS) is 21.5. The SMILES string of the molecule is CCS(=O)(=O)N1CCC(NC(=O)C2CCN(C(=O)C(C)C)CC2)CC1. The van der Waals surface area contributed by atoms with Gasteiger partial charge in [0.25, 0.3) is 0 Å². The van der Waals surface area contributed by atoms with Crippen LogP contribution in [0.3, 0.4) is 0 Å². The molecule has 25 heavy (non-hydrogen) atoms. The molecule has 0 aromatic rings. The van der Waals surface area contributed by atoms with E-state index in [4.69, 9.17) is 0 Å². The fourth-order valence-electron chi connectivity index (χ4n) is 3.51. The van der Waals surface area contributed by atoms with E-state index < -0.39 is 10.0 Å². The van der Waals surface area contributed by atoms with Crippen LogP contribution in [0.5, 0.6) is 0 Å². The van der Waals surface area contributed by atoms with Gasteiger partial charge in [0.1, 0.15) is 0 Å². The maximum Gasteiger partial charge on any atom is 0.225 e. The maximum atomic E-state index is 12.5. The van der Waals surface area contributed by atoms with Crippen molar-refractivity contribution in [1.82, 2.24) is 14.5 Å². The molecule has 2 saturated heterocycles. The number of amides is 2. The largest absolute Gasteiger partial charge is 0.353 e. The zero-order valence-electron chi connectivity index (χ0n) is 15.5. The Bertz CT molecular complexity index is 575. The molecule has 8 heteroatoms. The molecular formula is C17H31N3O4S. The Kier molecular flexibility index (Phi) is 6.85. The second-order valence-electron chi connectivity index (χ2n) is 7.34. The second-order valence-corrected chi connectivity index (χ2v) is 9.59. The van der Waals surface area contributed by atoms with Crippen LogP contribution in [0.4, 0.5) is 0 Å². The maximum absolute atomic E-state index is 12.5. The summed E-state index contributed by atoms with van der Waals surface area (Å²) >= 11 is 0. The van der Waals surface area contributed by atoms with E-state index >= 15 is 0 Å². The summed E-state index contributed by atoms with van der Waals surface area (Å²) in [6.45, 7) is 7.67. The van der Waals surface area contributed by atoms with E-state index in [1.54, 1.807) is 6.92 Å². The lowest BCUT2D eigenvalue weighted by Gasteiger charge is -2.35. The van der Waals surface area contributed by atoms with Crippen molar-refractivity contribution in [3.8, 4) is 0 Å². The molecule has 144 valence electrons. The van der Waals surface area contributed by atoms with E-state index in [2.05, 4.69) is 5.32 Å². The molecule has 0 aliphatic carbocycles. The third-order valence-corrected chi connectivity index (χ3v) is 7.11. The molecule has 0 unspecified atom stereocenters. The van der Waals surface area contributed by atoms with Crippen molar-refractivity contribution in [3.05, 3.63) is 0 Å². The molecule has 2 heterocycles. The van der Waals surface area contributed by atoms with Crippen LogP contribution < -0.4 is 5.32 Å². The van der Waals surface area contributed by atoms with Crippen molar-refractivity contribution in [1.29, 1.82) is 0 Å². The predicted octanol–water partition coefficient (Wildman–Crippen LogP) is 0.811. The van der Waals surface area contributed by atoms with E-state index in [1.807, 2.05) is 18.7 Å². The van der Waals surface area contributed by atoms with Crippen LogP contribution in [0.25, 0.3) is 0 Å². The van der Waals surface area contributed by atoms with Crippen LogP contribution in [-0.2, 0) is 19.6 Å². The Hall–Kier alpha value is -1.15. The lowest BCUT2D eigenvalue weighted by atomic mass is 9.94. The van der Waals surface area contributed by atoms with Gasteiger partial charge in [0, 0.05) is 44.1 Å². The summed E-state index contributed by atoms with van der Waals surface area (Å²) in [6, 6.07) is 0.0473. The van der Waals surface area contributed by atoms with Gasteiger partial charge in [-0.1, -0.05) is 13.8 Å². The highest BCUT2D eigenvalue weighted by Gasteiger charge is 2.31. The van der Waals surface area contributed by atoms with E-state index in [0.29, 0.717) is 51.9 Å². The zero-order valence-corrected chi connectivity index (χ0v) is 16.3. The number of carbonyl (C=O) groups excluding carboxylic acids is 2. The minimum Gasteiger partial charge on any atom is -0.353 e. The van der Waals surface area contributed by atoms with Gasteiger partial charge in [-0.3, -0.25) is 9.59 Å². The van der Waals surface area contributed by atoms with Gasteiger partial charge in [0.15, 0.2) is 0 Å². The molecule has 0 atom stereocenters. The molecule has 2 fully saturated rings. The molecule has 0 bridgehead atoms. The van der Waals surface area contributed by atoms with Gasteiger partial charge in [0.2, 0.25) is 21.8 Å². The number of likely N-dealkylation sites (tertiary alicyclic amines) is 1. The first-order valence-electron chi connectivity index (χ1n) is 9.31. The average Bonchev–Trinajstić information content (AvgIpc) is 2.61. The van der Waals surface area contributed by atoms with Crippen molar-refractivity contribution < 1.29 is 18.0 Å². The predicted molar refractivity (Wildman–Crippen MR) is 96.3 cm³/mol. The highest BCUT2D eigenvalue weighted by atomic mass is 32.2. The van der Waals surface area contributed by atoms with Crippen LogP contribution in [0.1, 0.15) is 46.5 Å². The summed E-state index contributed by atoms with van der Waals surface area (Å²) in [6.07, 6.45) is 2.73. The van der Waals surface area contributed by atoms with E-state index in [0.717, 1.165) is 0 Å². The summed E-state index contributed by atoms with van der Waals surface area (Å²) in [5, 5.41) is 3.08. The minimum absolute atomic E-state index is 0.00467. The summed E-state index contributed by atoms with van der Waals surface area (Å²) in [5.74, 6) is 0.276. The highest BCUT2D eigenvalue weighted by Crippen LogP contribution is 2.21. The second kappa shape index (κ2) is 8.49. The van der Waals surface area contributed by atoms with E-state index in [9.17, 15) is 18.0 Å². The molecule has 0 aromatic carbocycles. The Morgan fingerprint density at radius 3 is 2.08 bits per heavy atom. The lowest BCUT2D eigenvalue weighted by Crippen LogP contribution is -2.50. The van der Waals surface area contributed by atoms with Crippen LogP contribution >= 0.6 is 0 Å². The average molecular weight is 374 g/mol. The van der Waals surface area contributed by atoms with Gasteiger partial charge in [-0.15, -0.1) is 0 Å². The molecule has 2 aliphatic heterocycles. The third kappa shape index (κ3) is 5.17. The first kappa shape index (κ1) is 20.2. The van der Waals surface area contributed by atoms with Gasteiger partial charge in [-0.05, 0) is 32.6 Å². The Labute approximate surface area is 151 Å². The Balaban J connectivity index is 1.76. The number of hydrogen-bond acceptors (Lipinski definition) is 4. The Morgan fingerprint density at radius 2 is 1.60 bits per heavy atom. The number of piperidine rings is 2. The molecular weight excluding hydrogens is 342 g/mol. The van der Waals surface area contributed by atoms with Crippen molar-refractivity contribution in [2.45, 2.75) is 52.5 Å². The number of nitrogens with one attached hydrogen (secondary N) is 1. The smallest absolute Gasteiger partial charge is 0.225 e. The van der Waals surface area contributed by atoms with Crippen LogP contribution in [0, 0.1) is 11.8 Å². The molecule has 1 N–H and O–H groups in total. The summed E-state index contributed by atoms with van der Waals surface area (Å²) < 4.78 is 25.3. The minimum atomic E-state index is -3.13. The lowest BCUT2D eigenvalue weighted by molar-refractivity contribution is -0.138. The number of sulfonamides is 1. The van der Waals surface area contributed by atoms with Crippen LogP contribution in [-0.4, -0.2) is 67.4 Å². The van der Waals surface area contributed by atoms with Crippen LogP contribution in [0.2, 0.25) is 0 Å². The fourth-order valence-corrected chi connectivity index (χ4v) is 4.64. The summed E-state index contributed by atoms with van der Waals surface area (Å²) in [7, 11) is -3.13. The van der Waals surface area contributed by atoms with Gasteiger partial charge >= 0.3 is 0 Å². The fraction of sp³-hybridized carbons (Fsp3) is 0.882. The van der Waals surface area contributed by atoms with Gasteiger partial charge in [-0.2, -0.15) is 0 Å². The van der Waals surface area contributed by atoms with Crippen molar-refractivity contribution in [2.75, 3.05) is 31.9 Å². The molecule has 0 saturated carbocycles. The topological polar surface area (TPSA) is 86.8 Å². The summed E-state index contributed by atoms with van der Waals surface area (Å²) in [5.41, 5.74) is 0. The number of nitrogens with zero attached hydrogens (tertiary/aromatic N) is 2. The molecule has 0 spiro atoms. The van der Waals surface area contributed by atoms with Crippen molar-refractivity contribution in [3.63, 3.8) is 0 Å². The first-order chi connectivity index (χ1) is 11.7. The molecule has 7 nitrogen and oxygen atoms in total. The highest BCUT2D eigenvalue weighted by molar-refractivity contribution is 7.89. The molecule has 2 rings (SSSR count). The van der Waals surface area contributed by atoms with E-state index in [1.165, 1.54) is 4.31 Å². The number of hydrogen-bond donors (Lipinski definition) is 1. The quantitative estimate of drug-likeness (QED) is 0.773. The monoisotopic (exact) mass is 373 g/mol. The van der Waals surface area contributed by atoms with Crippen molar-refractivity contribution >= 4 is 21.8 Å². The first-order valence-corrected chi connectivity index (χ1v) is 10.9. The van der Waals surface area contributed by atoms with Gasteiger partial charge < -0.3 is 10.2 Å². The van der Waals surface area contributed by atoms with Crippen LogP contribution in [0.15, 0.2) is 0 Å². The van der Waals surface area contributed by atoms with Gasteiger partial charge in [0.05, 0.1) is 5.75 Å². The van der Waals surface area contributed by atoms with Crippen molar-refractivity contribution in [2.24, 2.45) is 11.8 Å². The van der Waals surface area contributed by atoms with E-state index in [-0.39, 0.29) is 35.4 Å². The Morgan fingerprint density at radius 1 is 1.04 bits per heavy atom. The standard InChI is InChI=1S/C17H31N3O4S/c1-4-25(23,24)20-11-7-15(8-12-20)18-16(21)14-5-9-19(10-6-14)17(22)13(2)3/h13-15H,4-12H2,1-3H3,(H,18,21).